The van der Waals surface area contributed by atoms with Crippen molar-refractivity contribution in [2.75, 3.05) is 5.32 Å². The smallest absolute Gasteiger partial charge is 0.412 e. The first-order valence-corrected chi connectivity index (χ1v) is 11.2. The predicted molar refractivity (Wildman–Crippen MR) is 133 cm³/mol. The molecule has 0 aliphatic carbocycles. The molecule has 35 heavy (non-hydrogen) atoms. The van der Waals surface area contributed by atoms with Gasteiger partial charge in [0, 0.05) is 27.4 Å². The van der Waals surface area contributed by atoms with Gasteiger partial charge in [-0.15, -0.1) is 0 Å². The molecule has 0 saturated heterocycles. The van der Waals surface area contributed by atoms with Gasteiger partial charge in [0.05, 0.1) is 0 Å². The van der Waals surface area contributed by atoms with E-state index in [9.17, 15) is 24.6 Å². The van der Waals surface area contributed by atoms with Gasteiger partial charge in [-0.05, 0) is 67.6 Å². The lowest BCUT2D eigenvalue weighted by atomic mass is 10.0. The average Bonchev–Trinajstić information content (AvgIpc) is 2.83. The van der Waals surface area contributed by atoms with Crippen LogP contribution in [0.25, 0.3) is 0 Å². The second-order valence-electron chi connectivity index (χ2n) is 7.38. The summed E-state index contributed by atoms with van der Waals surface area (Å²) in [5.41, 5.74) is 1.05. The molecule has 0 spiro atoms. The number of anilines is 1. The molecular weight excluding hydrogens is 518 g/mol. The molecule has 0 unspecified atom stereocenters. The Bertz CT molecular complexity index is 1230. The van der Waals surface area contributed by atoms with E-state index in [1.54, 1.807) is 66.7 Å². The number of hydrogen-bond acceptors (Lipinski definition) is 6. The second-order valence-corrected chi connectivity index (χ2v) is 8.30. The summed E-state index contributed by atoms with van der Waals surface area (Å²) >= 11 is 3.33. The van der Waals surface area contributed by atoms with Crippen LogP contribution >= 0.6 is 15.9 Å². The number of aromatic hydroxyl groups is 1. The number of phenolic OH excluding ortho intramolecular Hbond substituents is 1. The Morgan fingerprint density at radius 3 is 2.31 bits per heavy atom. The molecule has 0 aromatic heterocycles. The molecule has 8 nitrogen and oxygen atoms in total. The molecule has 3 aromatic carbocycles. The third-order valence-electron chi connectivity index (χ3n) is 4.81. The van der Waals surface area contributed by atoms with Gasteiger partial charge in [-0.25, -0.2) is 9.59 Å². The molecule has 1 amide bonds. The number of aliphatic carboxylic acids is 1. The number of amides is 1. The molecule has 3 rings (SSSR count). The third-order valence-corrected chi connectivity index (χ3v) is 5.30. The Labute approximate surface area is 209 Å². The summed E-state index contributed by atoms with van der Waals surface area (Å²) < 4.78 is 12.2. The molecule has 0 heterocycles. The van der Waals surface area contributed by atoms with E-state index < -0.39 is 24.3 Å². The number of carbonyl (C=O) groups is 3. The number of carboxylic acid groups (broad SMARTS) is 1. The molecule has 0 fully saturated rings. The molecule has 0 aliphatic rings. The zero-order chi connectivity index (χ0) is 25.4. The average molecular weight is 540 g/mol. The highest BCUT2D eigenvalue weighted by molar-refractivity contribution is 9.10. The lowest BCUT2D eigenvalue weighted by Crippen LogP contribution is -2.30. The summed E-state index contributed by atoms with van der Waals surface area (Å²) in [6, 6.07) is 19.4. The standard InChI is InChI=1S/C26H22BrNO7/c1-16(29)17-7-10-19(11-8-17)28-26(33)35-25(21-15-18(27)9-12-22(21)30)23(13-14-24(31)32)34-20-5-3-2-4-6-20/h2-15,23,25,30H,1H3,(H,28,33)(H,31,32)/b14-13+/t23-,25-/m1/s1. The molecule has 3 N–H and O–H groups in total. The van der Waals surface area contributed by atoms with Crippen LogP contribution in [-0.2, 0) is 9.53 Å². The van der Waals surface area contributed by atoms with Crippen LogP contribution in [0.15, 0.2) is 89.4 Å². The highest BCUT2D eigenvalue weighted by Crippen LogP contribution is 2.34. The maximum Gasteiger partial charge on any atom is 0.412 e. The van der Waals surface area contributed by atoms with Gasteiger partial charge < -0.3 is 19.7 Å². The van der Waals surface area contributed by atoms with Crippen molar-refractivity contribution in [2.45, 2.75) is 19.1 Å². The first-order chi connectivity index (χ1) is 16.7. The van der Waals surface area contributed by atoms with E-state index >= 15 is 0 Å². The highest BCUT2D eigenvalue weighted by atomic mass is 79.9. The Hall–Kier alpha value is -4.11. The van der Waals surface area contributed by atoms with Crippen LogP contribution in [0.2, 0.25) is 0 Å². The number of hydrogen-bond donors (Lipinski definition) is 3. The van der Waals surface area contributed by atoms with Gasteiger partial charge in [0.25, 0.3) is 0 Å². The largest absolute Gasteiger partial charge is 0.508 e. The molecule has 9 heteroatoms. The summed E-state index contributed by atoms with van der Waals surface area (Å²) in [5.74, 6) is -1.12. The van der Waals surface area contributed by atoms with Gasteiger partial charge in [0.2, 0.25) is 0 Å². The van der Waals surface area contributed by atoms with Crippen molar-refractivity contribution in [1.29, 1.82) is 0 Å². The van der Waals surface area contributed by atoms with Crippen molar-refractivity contribution in [3.63, 3.8) is 0 Å². The normalized spacial score (nSPS) is 12.5. The SMILES string of the molecule is CC(=O)c1ccc(NC(=O)O[C@H](c2cc(Br)ccc2O)[C@@H](/C=C/C(=O)O)Oc2ccccc2)cc1. The Morgan fingerprint density at radius 2 is 1.69 bits per heavy atom. The van der Waals surface area contributed by atoms with Crippen LogP contribution in [0.4, 0.5) is 10.5 Å². The number of Topliss-reactive ketones (excluding diaryl/α,β-unsaturated/α-hetero) is 1. The van der Waals surface area contributed by atoms with E-state index in [0.29, 0.717) is 21.5 Å². The molecule has 2 atom stereocenters. The molecule has 180 valence electrons. The fourth-order valence-corrected chi connectivity index (χ4v) is 3.53. The number of phenols is 1. The van der Waals surface area contributed by atoms with Crippen molar-refractivity contribution in [2.24, 2.45) is 0 Å². The Morgan fingerprint density at radius 1 is 1.00 bits per heavy atom. The summed E-state index contributed by atoms with van der Waals surface area (Å²) in [5, 5.41) is 22.3. The number of nitrogens with one attached hydrogen (secondary N) is 1. The lowest BCUT2D eigenvalue weighted by molar-refractivity contribution is -0.131. The Balaban J connectivity index is 1.94. The fraction of sp³-hybridized carbons (Fsp3) is 0.115. The van der Waals surface area contributed by atoms with E-state index in [2.05, 4.69) is 21.2 Å². The fourth-order valence-electron chi connectivity index (χ4n) is 3.15. The van der Waals surface area contributed by atoms with Crippen molar-refractivity contribution >= 4 is 39.5 Å². The number of benzene rings is 3. The molecule has 0 bridgehead atoms. The maximum absolute atomic E-state index is 12.8. The van der Waals surface area contributed by atoms with E-state index in [1.807, 2.05) is 0 Å². The minimum Gasteiger partial charge on any atom is -0.508 e. The van der Waals surface area contributed by atoms with Gasteiger partial charge in [-0.1, -0.05) is 34.1 Å². The molecule has 0 radical (unpaired) electrons. The van der Waals surface area contributed by atoms with E-state index in [4.69, 9.17) is 9.47 Å². The van der Waals surface area contributed by atoms with Crippen LogP contribution < -0.4 is 10.1 Å². The zero-order valence-corrected chi connectivity index (χ0v) is 20.1. The van der Waals surface area contributed by atoms with Crippen LogP contribution in [-0.4, -0.2) is 34.2 Å². The van der Waals surface area contributed by atoms with E-state index in [-0.39, 0.29) is 17.1 Å². The number of carboxylic acids is 1. The number of rotatable bonds is 9. The van der Waals surface area contributed by atoms with Crippen molar-refractivity contribution in [3.8, 4) is 11.5 Å². The monoisotopic (exact) mass is 539 g/mol. The Kier molecular flexibility index (Phi) is 8.63. The van der Waals surface area contributed by atoms with Crippen molar-refractivity contribution < 1.29 is 34.1 Å². The van der Waals surface area contributed by atoms with Crippen LogP contribution in [0, 0.1) is 0 Å². The summed E-state index contributed by atoms with van der Waals surface area (Å²) in [6.45, 7) is 1.43. The summed E-state index contributed by atoms with van der Waals surface area (Å²) in [6.07, 6.45) is -1.12. The van der Waals surface area contributed by atoms with Crippen LogP contribution in [0.5, 0.6) is 11.5 Å². The van der Waals surface area contributed by atoms with Gasteiger partial charge in [0.15, 0.2) is 18.0 Å². The van der Waals surface area contributed by atoms with E-state index in [0.717, 1.165) is 6.08 Å². The zero-order valence-electron chi connectivity index (χ0n) is 18.6. The molecular formula is C26H22BrNO7. The molecule has 0 aliphatic heterocycles. The van der Waals surface area contributed by atoms with Gasteiger partial charge in [-0.2, -0.15) is 0 Å². The minimum absolute atomic E-state index is 0.115. The highest BCUT2D eigenvalue weighted by Gasteiger charge is 2.30. The number of para-hydroxylation sites is 1. The van der Waals surface area contributed by atoms with Gasteiger partial charge in [0.1, 0.15) is 11.5 Å². The third kappa shape index (κ3) is 7.44. The van der Waals surface area contributed by atoms with Crippen LogP contribution in [0.3, 0.4) is 0 Å². The van der Waals surface area contributed by atoms with Gasteiger partial charge >= 0.3 is 12.1 Å². The summed E-state index contributed by atoms with van der Waals surface area (Å²) in [7, 11) is 0. The number of halogens is 1. The van der Waals surface area contributed by atoms with E-state index in [1.165, 1.54) is 19.1 Å². The maximum atomic E-state index is 12.8. The van der Waals surface area contributed by atoms with Crippen molar-refractivity contribution in [3.05, 3.63) is 101 Å². The number of carbonyl (C=O) groups excluding carboxylic acids is 2. The molecule has 0 saturated carbocycles. The summed E-state index contributed by atoms with van der Waals surface area (Å²) in [4.78, 5) is 35.5. The molecule has 3 aromatic rings. The first kappa shape index (κ1) is 25.5. The number of ketones is 1. The van der Waals surface area contributed by atoms with Gasteiger partial charge in [-0.3, -0.25) is 10.1 Å². The second kappa shape index (κ2) is 11.8. The first-order valence-electron chi connectivity index (χ1n) is 10.4. The van der Waals surface area contributed by atoms with Crippen LogP contribution in [0.1, 0.15) is 28.9 Å². The topological polar surface area (TPSA) is 122 Å². The quantitative estimate of drug-likeness (QED) is 0.234. The van der Waals surface area contributed by atoms with Crippen molar-refractivity contribution in [1.82, 2.24) is 0 Å². The number of ether oxygens (including phenoxy) is 2. The predicted octanol–water partition coefficient (Wildman–Crippen LogP) is 5.74. The minimum atomic E-state index is -1.24. The lowest BCUT2D eigenvalue weighted by Gasteiger charge is -2.27.